The van der Waals surface area contributed by atoms with Crippen molar-refractivity contribution in [3.05, 3.63) is 306 Å². The van der Waals surface area contributed by atoms with Crippen LogP contribution in [0.3, 0.4) is 0 Å². The predicted molar refractivity (Wildman–Crippen MR) is 452 cm³/mol. The topological polar surface area (TPSA) is 220 Å². The van der Waals surface area contributed by atoms with Gasteiger partial charge in [-0.3, -0.25) is 28.8 Å². The second-order valence-corrected chi connectivity index (χ2v) is 29.5. The van der Waals surface area contributed by atoms with E-state index in [9.17, 15) is 28.8 Å². The first-order chi connectivity index (χ1) is 56.4. The first-order valence-corrected chi connectivity index (χ1v) is 38.7. The Morgan fingerprint density at radius 1 is 0.235 bits per heavy atom. The van der Waals surface area contributed by atoms with Crippen LogP contribution in [-0.2, 0) is 0 Å². The zero-order valence-electron chi connectivity index (χ0n) is 60.9. The van der Waals surface area contributed by atoms with Gasteiger partial charge in [0.15, 0.2) is 0 Å². The number of aromatic nitrogens is 6. The Kier molecular flexibility index (Phi) is 15.8. The fourth-order valence-electron chi connectivity index (χ4n) is 16.7. The lowest BCUT2D eigenvalue weighted by molar-refractivity contribution is 0.0877. The number of imide groups is 3. The van der Waals surface area contributed by atoms with Crippen molar-refractivity contribution in [3.8, 4) is 84.0 Å². The molecule has 115 heavy (non-hydrogen) atoms. The number of amides is 6. The highest BCUT2D eigenvalue weighted by Gasteiger charge is 2.39. The Balaban J connectivity index is 0.626. The van der Waals surface area contributed by atoms with Crippen molar-refractivity contribution < 1.29 is 43.0 Å². The van der Waals surface area contributed by atoms with Gasteiger partial charge in [0, 0.05) is 100.0 Å². The van der Waals surface area contributed by atoms with E-state index in [-0.39, 0.29) is 0 Å². The van der Waals surface area contributed by atoms with E-state index in [0.29, 0.717) is 117 Å². The van der Waals surface area contributed by atoms with Crippen LogP contribution in [0.1, 0.15) is 62.1 Å². The van der Waals surface area contributed by atoms with E-state index in [0.717, 1.165) is 135 Å². The monoisotopic (exact) mass is 1550 g/mol. The average molecular weight is 1550 g/mol. The van der Waals surface area contributed by atoms with Crippen molar-refractivity contribution in [1.82, 2.24) is 26.2 Å². The van der Waals surface area contributed by atoms with Gasteiger partial charge in [-0.05, 0) is 195 Å². The number of rotatable bonds is 15. The maximum atomic E-state index is 14.3. The van der Waals surface area contributed by atoms with Crippen LogP contribution in [0.2, 0.25) is 0 Å². The van der Waals surface area contributed by atoms with Crippen molar-refractivity contribution in [2.45, 2.75) is 0 Å². The number of anilines is 6. The van der Waals surface area contributed by atoms with Crippen molar-refractivity contribution in [3.63, 3.8) is 0 Å². The fraction of sp³-hybridized carbons (Fsp3) is 0.0323. The summed E-state index contributed by atoms with van der Waals surface area (Å²) in [6.45, 7) is 0. The van der Waals surface area contributed by atoms with Gasteiger partial charge in [0.05, 0.1) is 73.6 Å². The van der Waals surface area contributed by atoms with Gasteiger partial charge in [-0.25, -0.2) is 14.7 Å². The van der Waals surface area contributed by atoms with E-state index in [4.69, 9.17) is 40.5 Å². The number of carbonyl (C=O) groups excluding carboxylic acids is 6. The lowest BCUT2D eigenvalue weighted by Gasteiger charge is -2.28. The molecule has 0 aliphatic carbocycles. The zero-order chi connectivity index (χ0) is 77.6. The number of carbonyl (C=O) groups is 6. The second-order valence-electron chi connectivity index (χ2n) is 27.9. The summed E-state index contributed by atoms with van der Waals surface area (Å²) in [5.41, 5.74) is 20.7. The van der Waals surface area contributed by atoms with Crippen LogP contribution in [0, 0.1) is 0 Å². The highest BCUT2D eigenvalue weighted by molar-refractivity contribution is 7.00. The van der Waals surface area contributed by atoms with Crippen molar-refractivity contribution in [2.24, 2.45) is 0 Å². The van der Waals surface area contributed by atoms with Gasteiger partial charge in [0.25, 0.3) is 35.4 Å². The van der Waals surface area contributed by atoms with E-state index in [1.165, 1.54) is 14.7 Å². The Morgan fingerprint density at radius 2 is 0.452 bits per heavy atom. The quantitative estimate of drug-likeness (QED) is 0.0871. The van der Waals surface area contributed by atoms with Crippen molar-refractivity contribution in [1.29, 1.82) is 0 Å². The third-order valence-electron chi connectivity index (χ3n) is 22.1. The molecule has 0 unspecified atom stereocenters. The summed E-state index contributed by atoms with van der Waals surface area (Å²) < 4.78 is 45.5. The van der Waals surface area contributed by atoms with E-state index >= 15 is 0 Å². The van der Waals surface area contributed by atoms with E-state index in [1.807, 2.05) is 72.8 Å². The molecule has 548 valence electrons. The molecule has 22 heteroatoms. The summed E-state index contributed by atoms with van der Waals surface area (Å²) >= 11 is 3.35. The number of ether oxygens (including phenoxy) is 3. The maximum Gasteiger partial charge on any atom is 0.265 e. The summed E-state index contributed by atoms with van der Waals surface area (Å²) in [6.07, 6.45) is 0. The summed E-state index contributed by atoms with van der Waals surface area (Å²) in [7, 11) is 4.69. The number of hydrogen-bond acceptors (Lipinski definition) is 19. The van der Waals surface area contributed by atoms with Gasteiger partial charge < -0.3 is 19.1 Å². The van der Waals surface area contributed by atoms with Crippen LogP contribution in [0.15, 0.2) is 273 Å². The molecule has 19 nitrogen and oxygen atoms in total. The van der Waals surface area contributed by atoms with E-state index in [2.05, 4.69) is 95.9 Å². The van der Waals surface area contributed by atoms with Gasteiger partial charge in [0.2, 0.25) is 0 Å². The highest BCUT2D eigenvalue weighted by Crippen LogP contribution is 2.48. The molecular weight excluding hydrogens is 1500 g/mol. The van der Waals surface area contributed by atoms with Crippen molar-refractivity contribution in [2.75, 3.05) is 40.9 Å². The highest BCUT2D eigenvalue weighted by atomic mass is 32.1. The van der Waals surface area contributed by atoms with Crippen LogP contribution in [0.25, 0.3) is 132 Å². The second kappa shape index (κ2) is 26.7. The zero-order valence-corrected chi connectivity index (χ0v) is 63.3. The minimum Gasteiger partial charge on any atom is -0.497 e. The minimum atomic E-state index is -0.417. The molecule has 0 spiro atoms. The molecule has 3 aromatic heterocycles. The molecule has 0 saturated heterocycles. The Morgan fingerprint density at radius 3 is 0.704 bits per heavy atom. The van der Waals surface area contributed by atoms with Crippen LogP contribution < -0.4 is 33.8 Å². The molecule has 21 rings (SSSR count). The van der Waals surface area contributed by atoms with Gasteiger partial charge in [0.1, 0.15) is 50.3 Å². The normalized spacial score (nSPS) is 13.2. The summed E-state index contributed by atoms with van der Waals surface area (Å²) in [5, 5.41) is 3.99. The SMILES string of the molecule is COc1ccc(N2C(=O)c3cccc4c(-c5ccc(-c6ccc(N(c7ccc(-c8ccc(-c9ccc%10c%11c(cccc9%11)C(=O)N(c9ccc(OC)cc9)C%10=O)c9nsnc89)cc7)c7ccc(-c8ccc(-c9ccc%10c%11c(cccc9%11)C(=O)N(c9ccc(OC)cc9)C%10=O)c9nsnc89)cc7)cc6)c6nsnc56)ccc(c34)C2=O)cc1. The molecule has 6 amide bonds. The van der Waals surface area contributed by atoms with Crippen LogP contribution >= 0.6 is 35.2 Å². The standard InChI is InChI=1S/C93H54N10O9S3/c1-110-58-31-25-55(26-32-58)101-88(104)73-10-4-7-67-64(40-46-76(79(67)73)91(101)107)70-43-37-61(82-85(70)97-113-94-82)49-13-19-52(20-14-49)100(53-21-15-50(16-22-53)62-38-44-71(86-83(62)95-114-98-86)65-41-47-77-80-68(65)8-5-11-74(80)89(105)102(92(77)108)56-27-33-59(111-2)34-28-56)54-23-17-51(18-24-54)63-39-45-72(87-84(63)96-115-99-87)66-42-48-78-81-69(66)9-6-12-75(81)90(106)103(93(78)109)57-29-35-60(112-3)36-30-57/h4-48H,1-3H3. The van der Waals surface area contributed by atoms with Gasteiger partial charge in [-0.15, -0.1) is 0 Å². The van der Waals surface area contributed by atoms with Gasteiger partial charge in [-0.2, -0.15) is 26.2 Å². The maximum absolute atomic E-state index is 14.3. The average Bonchev–Trinajstić information content (AvgIpc) is 1.28. The molecule has 0 radical (unpaired) electrons. The summed E-state index contributed by atoms with van der Waals surface area (Å²) in [6, 6.07) is 85.7. The largest absolute Gasteiger partial charge is 0.497 e. The molecule has 3 aliphatic heterocycles. The third kappa shape index (κ3) is 10.6. The third-order valence-corrected chi connectivity index (χ3v) is 23.7. The van der Waals surface area contributed by atoms with Gasteiger partial charge in [-0.1, -0.05) is 127 Å². The molecule has 15 aromatic carbocycles. The summed E-state index contributed by atoms with van der Waals surface area (Å²) in [5.74, 6) is -0.678. The molecule has 0 N–H and O–H groups in total. The lowest BCUT2D eigenvalue weighted by Crippen LogP contribution is -2.40. The van der Waals surface area contributed by atoms with Gasteiger partial charge >= 0.3 is 0 Å². The first kappa shape index (κ1) is 68.2. The Hall–Kier alpha value is -14.8. The fourth-order valence-corrected chi connectivity index (χ4v) is 18.4. The smallest absolute Gasteiger partial charge is 0.265 e. The molecule has 0 fully saturated rings. The Bertz CT molecular complexity index is 6500. The molecule has 0 saturated carbocycles. The molecule has 3 aliphatic rings. The lowest BCUT2D eigenvalue weighted by atomic mass is 9.88. The van der Waals surface area contributed by atoms with E-state index < -0.39 is 35.4 Å². The van der Waals surface area contributed by atoms with Crippen molar-refractivity contribution >= 4 is 170 Å². The number of hydrogen-bond donors (Lipinski definition) is 0. The number of nitrogens with zero attached hydrogens (tertiary/aromatic N) is 10. The molecule has 18 aromatic rings. The molecular formula is C93H54N10O9S3. The van der Waals surface area contributed by atoms with Crippen LogP contribution in [0.5, 0.6) is 17.2 Å². The predicted octanol–water partition coefficient (Wildman–Crippen LogP) is 21.1. The van der Waals surface area contributed by atoms with Crippen LogP contribution in [-0.4, -0.2) is 83.0 Å². The number of methoxy groups -OCH3 is 3. The minimum absolute atomic E-state index is 0.417. The van der Waals surface area contributed by atoms with E-state index in [1.54, 1.807) is 131 Å². The molecule has 0 atom stereocenters. The van der Waals surface area contributed by atoms with Crippen LogP contribution in [0.4, 0.5) is 34.1 Å². The summed E-state index contributed by atoms with van der Waals surface area (Å²) in [4.78, 5) is 91.8. The number of fused-ring (bicyclic) bond motifs is 3. The molecule has 0 bridgehead atoms. The number of benzene rings is 15. The first-order valence-electron chi connectivity index (χ1n) is 36.6. The molecule has 6 heterocycles. The Labute approximate surface area is 666 Å².